The van der Waals surface area contributed by atoms with E-state index in [1.54, 1.807) is 0 Å². The van der Waals surface area contributed by atoms with Crippen LogP contribution in [0.3, 0.4) is 0 Å². The number of carbonyl (C=O) groups excluding carboxylic acids is 2. The predicted molar refractivity (Wildman–Crippen MR) is 370 cm³/mol. The Labute approximate surface area is 526 Å². The minimum absolute atomic E-state index is 0.0148. The second kappa shape index (κ2) is 73.8. The summed E-state index contributed by atoms with van der Waals surface area (Å²) in [7, 11) is 0. The molecule has 0 radical (unpaired) electrons. The number of unbranched alkanes of at least 4 members (excludes halogenated alkanes) is 58. The van der Waals surface area contributed by atoms with E-state index in [9.17, 15) is 19.8 Å². The van der Waals surface area contributed by atoms with Crippen molar-refractivity contribution < 1.29 is 24.5 Å². The lowest BCUT2D eigenvalue weighted by molar-refractivity contribution is -0.143. The molecule has 0 aromatic carbocycles. The van der Waals surface area contributed by atoms with Crippen molar-refractivity contribution in [2.45, 2.75) is 450 Å². The maximum atomic E-state index is 12.6. The zero-order valence-electron chi connectivity index (χ0n) is 57.2. The van der Waals surface area contributed by atoms with Crippen molar-refractivity contribution in [3.05, 3.63) is 24.3 Å². The fraction of sp³-hybridized carbons (Fsp3) is 0.923. The van der Waals surface area contributed by atoms with Crippen LogP contribution in [-0.2, 0) is 14.3 Å². The van der Waals surface area contributed by atoms with Crippen LogP contribution in [0.2, 0.25) is 0 Å². The van der Waals surface area contributed by atoms with E-state index in [1.165, 1.54) is 360 Å². The van der Waals surface area contributed by atoms with Crippen LogP contribution in [0.1, 0.15) is 438 Å². The first-order valence-electron chi connectivity index (χ1n) is 38.6. The molecule has 0 aromatic rings. The Kier molecular flexibility index (Phi) is 72.3. The summed E-state index contributed by atoms with van der Waals surface area (Å²) in [6.45, 7) is 5.00. The highest BCUT2D eigenvalue weighted by molar-refractivity contribution is 5.76. The Hall–Kier alpha value is -1.66. The topological polar surface area (TPSA) is 95.9 Å². The highest BCUT2D eigenvalue weighted by atomic mass is 16.5. The summed E-state index contributed by atoms with van der Waals surface area (Å²) >= 11 is 0. The van der Waals surface area contributed by atoms with Crippen LogP contribution in [0.15, 0.2) is 24.3 Å². The van der Waals surface area contributed by atoms with Crippen molar-refractivity contribution in [1.82, 2.24) is 5.32 Å². The van der Waals surface area contributed by atoms with Gasteiger partial charge in [-0.15, -0.1) is 0 Å². The van der Waals surface area contributed by atoms with Gasteiger partial charge in [-0.05, 0) is 77.0 Å². The smallest absolute Gasteiger partial charge is 0.305 e. The first-order valence-corrected chi connectivity index (χ1v) is 38.6. The molecule has 0 heterocycles. The molecule has 1 amide bonds. The van der Waals surface area contributed by atoms with Crippen LogP contribution in [0.25, 0.3) is 0 Å². The molecule has 0 aliphatic heterocycles. The number of aliphatic hydroxyl groups excluding tert-OH is 2. The lowest BCUT2D eigenvalue weighted by atomic mass is 10.0. The minimum Gasteiger partial charge on any atom is -0.466 e. The third-order valence-corrected chi connectivity index (χ3v) is 18.2. The minimum atomic E-state index is -0.664. The highest BCUT2D eigenvalue weighted by Crippen LogP contribution is 2.20. The Bertz CT molecular complexity index is 1320. The first-order chi connectivity index (χ1) is 41.5. The Morgan fingerprint density at radius 3 is 0.845 bits per heavy atom. The van der Waals surface area contributed by atoms with E-state index in [4.69, 9.17) is 4.74 Å². The van der Waals surface area contributed by atoms with E-state index in [1.807, 2.05) is 0 Å². The summed E-state index contributed by atoms with van der Waals surface area (Å²) in [4.78, 5) is 24.7. The number of amides is 1. The van der Waals surface area contributed by atoms with Gasteiger partial charge in [-0.2, -0.15) is 0 Å². The van der Waals surface area contributed by atoms with E-state index in [2.05, 4.69) is 43.5 Å². The van der Waals surface area contributed by atoms with Crippen molar-refractivity contribution in [3.8, 4) is 0 Å². The molecule has 0 aliphatic rings. The van der Waals surface area contributed by atoms with Gasteiger partial charge < -0.3 is 20.3 Å². The number of aliphatic hydroxyl groups is 2. The van der Waals surface area contributed by atoms with E-state index < -0.39 is 12.1 Å². The van der Waals surface area contributed by atoms with Gasteiger partial charge in [0.1, 0.15) is 0 Å². The van der Waals surface area contributed by atoms with Gasteiger partial charge in [0.25, 0.3) is 0 Å². The lowest BCUT2D eigenvalue weighted by Crippen LogP contribution is -2.45. The average molecular weight is 1180 g/mol. The summed E-state index contributed by atoms with van der Waals surface area (Å²) < 4.78 is 5.51. The van der Waals surface area contributed by atoms with E-state index >= 15 is 0 Å². The number of rotatable bonds is 73. The molecule has 0 aromatic heterocycles. The van der Waals surface area contributed by atoms with Crippen LogP contribution in [0, 0.1) is 0 Å². The molecule has 0 saturated carbocycles. The van der Waals surface area contributed by atoms with Crippen LogP contribution >= 0.6 is 0 Å². The van der Waals surface area contributed by atoms with Gasteiger partial charge in [-0.3, -0.25) is 9.59 Å². The van der Waals surface area contributed by atoms with Gasteiger partial charge in [0.2, 0.25) is 5.91 Å². The monoisotopic (exact) mass is 1180 g/mol. The molecule has 0 spiro atoms. The number of ether oxygens (including phenoxy) is 1. The average Bonchev–Trinajstić information content (AvgIpc) is 3.51. The first kappa shape index (κ1) is 82.3. The Morgan fingerprint density at radius 1 is 0.321 bits per heavy atom. The normalized spacial score (nSPS) is 12.6. The van der Waals surface area contributed by atoms with Crippen molar-refractivity contribution in [2.24, 2.45) is 0 Å². The van der Waals surface area contributed by atoms with Crippen molar-refractivity contribution in [1.29, 1.82) is 0 Å². The van der Waals surface area contributed by atoms with E-state index in [0.29, 0.717) is 25.9 Å². The summed E-state index contributed by atoms with van der Waals surface area (Å²) in [5, 5.41) is 23.4. The molecule has 0 rings (SSSR count). The standard InChI is InChI=1S/C78H151NO5/c1-3-5-7-9-11-13-15-17-19-21-22-35-39-42-46-50-54-58-62-66-70-76(81)75(74-80)79-77(82)71-67-63-59-55-51-47-43-40-36-33-31-29-27-25-23-24-26-28-30-32-34-37-41-45-49-53-57-61-65-69-73-84-78(83)72-68-64-60-56-52-48-44-38-20-18-16-14-12-10-8-6-4-2/h18,20,24,26,75-76,80-81H,3-17,19,21-23,25,27-74H2,1-2H3,(H,79,82)/b20-18-,26-24-. The molecule has 0 fully saturated rings. The molecule has 6 heteroatoms. The van der Waals surface area contributed by atoms with Gasteiger partial charge in [0.15, 0.2) is 0 Å². The molecular weight excluding hydrogens is 1030 g/mol. The van der Waals surface area contributed by atoms with Crippen molar-refractivity contribution in [3.63, 3.8) is 0 Å². The van der Waals surface area contributed by atoms with Crippen LogP contribution in [-0.4, -0.2) is 47.4 Å². The fourth-order valence-electron chi connectivity index (χ4n) is 12.3. The molecule has 2 atom stereocenters. The fourth-order valence-corrected chi connectivity index (χ4v) is 12.3. The zero-order chi connectivity index (χ0) is 60.6. The molecule has 6 nitrogen and oxygen atoms in total. The third-order valence-electron chi connectivity index (χ3n) is 18.2. The summed E-state index contributed by atoms with van der Waals surface area (Å²) in [6, 6.07) is -0.541. The summed E-state index contributed by atoms with van der Waals surface area (Å²) in [6.07, 6.45) is 94.0. The molecule has 2 unspecified atom stereocenters. The molecular formula is C78H151NO5. The molecule has 3 N–H and O–H groups in total. The van der Waals surface area contributed by atoms with Gasteiger partial charge in [0.05, 0.1) is 25.4 Å². The number of carbonyl (C=O) groups is 2. The van der Waals surface area contributed by atoms with Gasteiger partial charge >= 0.3 is 5.97 Å². The van der Waals surface area contributed by atoms with Crippen molar-refractivity contribution in [2.75, 3.05) is 13.2 Å². The number of nitrogens with one attached hydrogen (secondary N) is 1. The molecule has 0 saturated heterocycles. The summed E-state index contributed by atoms with van der Waals surface area (Å²) in [5.74, 6) is -0.0139. The Morgan fingerprint density at radius 2 is 0.560 bits per heavy atom. The third kappa shape index (κ3) is 69.4. The van der Waals surface area contributed by atoms with Gasteiger partial charge in [-0.1, -0.05) is 372 Å². The maximum Gasteiger partial charge on any atom is 0.305 e. The number of hydrogen-bond donors (Lipinski definition) is 3. The maximum absolute atomic E-state index is 12.6. The van der Waals surface area contributed by atoms with Crippen LogP contribution in [0.4, 0.5) is 0 Å². The SMILES string of the molecule is CCCCCCCC/C=C\CCCCCCCCCC(=O)OCCCCCCCCCCCCCC/C=C\CCCCCCCCCCCCCCCCC(=O)NC(CO)C(O)CCCCCCCCCCCCCCCCCCCCCC. The van der Waals surface area contributed by atoms with Crippen LogP contribution < -0.4 is 5.32 Å². The molecule has 0 aliphatic carbocycles. The number of hydrogen-bond acceptors (Lipinski definition) is 5. The van der Waals surface area contributed by atoms with Gasteiger partial charge in [0, 0.05) is 12.8 Å². The van der Waals surface area contributed by atoms with Gasteiger partial charge in [-0.25, -0.2) is 0 Å². The van der Waals surface area contributed by atoms with E-state index in [-0.39, 0.29) is 18.5 Å². The largest absolute Gasteiger partial charge is 0.466 e. The number of esters is 1. The molecule has 0 bridgehead atoms. The summed E-state index contributed by atoms with van der Waals surface area (Å²) in [5.41, 5.74) is 0. The van der Waals surface area contributed by atoms with E-state index in [0.717, 1.165) is 44.9 Å². The highest BCUT2D eigenvalue weighted by Gasteiger charge is 2.20. The molecule has 498 valence electrons. The second-order valence-corrected chi connectivity index (χ2v) is 26.7. The zero-order valence-corrected chi connectivity index (χ0v) is 57.2. The quantitative estimate of drug-likeness (QED) is 0.0320. The predicted octanol–water partition coefficient (Wildman–Crippen LogP) is 25.3. The molecule has 84 heavy (non-hydrogen) atoms. The lowest BCUT2D eigenvalue weighted by Gasteiger charge is -2.22. The number of allylic oxidation sites excluding steroid dienone is 4. The second-order valence-electron chi connectivity index (χ2n) is 26.7. The van der Waals surface area contributed by atoms with Crippen LogP contribution in [0.5, 0.6) is 0 Å². The Balaban J connectivity index is 3.36. The van der Waals surface area contributed by atoms with Crippen molar-refractivity contribution >= 4 is 11.9 Å².